The van der Waals surface area contributed by atoms with Gasteiger partial charge in [0.2, 0.25) is 0 Å². The van der Waals surface area contributed by atoms with Crippen molar-refractivity contribution in [3.8, 4) is 5.75 Å². The van der Waals surface area contributed by atoms with E-state index in [9.17, 15) is 24.2 Å². The highest BCUT2D eigenvalue weighted by Gasteiger charge is 2.29. The van der Waals surface area contributed by atoms with Gasteiger partial charge < -0.3 is 27.5 Å². The Bertz CT molecular complexity index is 1410. The number of likely N-dealkylation sites (N-methyl/N-ethyl adjacent to an activating group) is 1. The second-order valence-corrected chi connectivity index (χ2v) is 9.77. The molecule has 1 N–H and O–H groups in total. The maximum Gasteiger partial charge on any atom is 0.269 e. The fourth-order valence-corrected chi connectivity index (χ4v) is 4.77. The molecule has 1 unspecified atom stereocenters. The number of aliphatic hydroxyl groups is 1. The number of fused-ring (bicyclic) bond motifs is 1. The van der Waals surface area contributed by atoms with Crippen molar-refractivity contribution in [2.75, 3.05) is 40.4 Å². The quantitative estimate of drug-likeness (QED) is 0.232. The number of pyridine rings is 1. The number of carbonyl (C=O) groups excluding carboxylic acids is 1. The van der Waals surface area contributed by atoms with Crippen molar-refractivity contribution in [2.45, 2.75) is 18.6 Å². The molecule has 1 fully saturated rings. The highest BCUT2D eigenvalue weighted by atomic mass is 32.2. The number of β-amino-alcohol motifs (C(OH)–C–C–N with tert-alkyl or cyclic N) is 1. The maximum atomic E-state index is 13.3. The van der Waals surface area contributed by atoms with Crippen LogP contribution in [0.25, 0.3) is 10.9 Å². The third-order valence-corrected chi connectivity index (χ3v) is 7.01. The Kier molecular flexibility index (Phi) is 8.84. The second-order valence-electron chi connectivity index (χ2n) is 8.82. The predicted octanol–water partition coefficient (Wildman–Crippen LogP) is 3.13. The molecule has 0 aliphatic carbocycles. The number of carbonyl (C=O) groups is 1. The summed E-state index contributed by atoms with van der Waals surface area (Å²) in [7, 11) is 1.04. The number of nitro benzene ring substituents is 1. The number of amides is 1. The van der Waals surface area contributed by atoms with Crippen LogP contribution in [0.3, 0.4) is 0 Å². The number of likely N-dealkylation sites (tertiary alicyclic amines) is 1. The zero-order chi connectivity index (χ0) is 27.2. The van der Waals surface area contributed by atoms with Crippen LogP contribution in [0.2, 0.25) is 0 Å². The van der Waals surface area contributed by atoms with Crippen LogP contribution in [0.4, 0.5) is 11.4 Å². The van der Waals surface area contributed by atoms with Gasteiger partial charge in [-0.1, -0.05) is 23.0 Å². The zero-order valence-corrected chi connectivity index (χ0v) is 21.7. The number of nitro groups is 1. The van der Waals surface area contributed by atoms with E-state index in [1.54, 1.807) is 49.6 Å². The largest absolute Gasteiger partial charge is 0.483 e. The summed E-state index contributed by atoms with van der Waals surface area (Å²) in [6.07, 6.45) is 1.76. The third-order valence-electron chi connectivity index (χ3n) is 6.38. The van der Waals surface area contributed by atoms with Crippen LogP contribution < -0.4 is 4.74 Å². The first-order valence-electron chi connectivity index (χ1n) is 11.9. The van der Waals surface area contributed by atoms with Gasteiger partial charge >= 0.3 is 0 Å². The Morgan fingerprint density at radius 1 is 1.34 bits per heavy atom. The van der Waals surface area contributed by atoms with E-state index < -0.39 is 27.9 Å². The van der Waals surface area contributed by atoms with E-state index in [2.05, 4.69) is 9.35 Å². The topological polar surface area (TPSA) is 148 Å². The first kappa shape index (κ1) is 27.4. The monoisotopic (exact) mass is 542 g/mol. The van der Waals surface area contributed by atoms with Crippen molar-refractivity contribution in [3.05, 3.63) is 70.4 Å². The Morgan fingerprint density at radius 2 is 2.16 bits per heavy atom. The molecule has 0 bridgehead atoms. The average molecular weight is 543 g/mol. The molecule has 2 atom stereocenters. The van der Waals surface area contributed by atoms with Crippen LogP contribution in [0.15, 0.2) is 59.1 Å². The van der Waals surface area contributed by atoms with E-state index >= 15 is 0 Å². The van der Waals surface area contributed by atoms with Crippen molar-refractivity contribution < 1.29 is 28.0 Å². The predicted molar refractivity (Wildman–Crippen MR) is 140 cm³/mol. The van der Waals surface area contributed by atoms with E-state index in [1.165, 1.54) is 24.1 Å². The molecule has 13 heteroatoms. The summed E-state index contributed by atoms with van der Waals surface area (Å²) >= 11 is 0. The molecule has 0 spiro atoms. The molecule has 4 rings (SSSR count). The molecule has 202 valence electrons. The average Bonchev–Trinajstić information content (AvgIpc) is 3.35. The Morgan fingerprint density at radius 3 is 2.87 bits per heavy atom. The fraction of sp³-hybridized carbons (Fsp3) is 0.360. The van der Waals surface area contributed by atoms with Crippen molar-refractivity contribution in [3.63, 3.8) is 0 Å². The van der Waals surface area contributed by atoms with Crippen LogP contribution in [0.5, 0.6) is 5.75 Å². The van der Waals surface area contributed by atoms with E-state index in [-0.39, 0.29) is 18.2 Å². The molecule has 12 nitrogen and oxygen atoms in total. The number of non-ortho nitro benzene ring substituents is 1. The number of rotatable bonds is 10. The molecule has 0 saturated carbocycles. The number of hydrogen-bond acceptors (Lipinski definition) is 11. The van der Waals surface area contributed by atoms with Crippen LogP contribution in [0.1, 0.15) is 18.0 Å². The van der Waals surface area contributed by atoms with Gasteiger partial charge in [-0.05, 0) is 36.2 Å². The van der Waals surface area contributed by atoms with Gasteiger partial charge in [0.1, 0.15) is 5.75 Å². The minimum atomic E-state index is -1.87. The van der Waals surface area contributed by atoms with Gasteiger partial charge in [0, 0.05) is 57.5 Å². The molecule has 1 amide bonds. The lowest BCUT2D eigenvalue weighted by Crippen LogP contribution is -2.41. The number of aromatic nitrogens is 1. The highest BCUT2D eigenvalue weighted by Crippen LogP contribution is 2.32. The van der Waals surface area contributed by atoms with Crippen LogP contribution >= 0.6 is 0 Å². The molecule has 1 aliphatic rings. The summed E-state index contributed by atoms with van der Waals surface area (Å²) in [6, 6.07) is 12.4. The standard InChI is InChI=1S/C25H28N5O7S/c1-28(22(15-29-12-10-19(31)14-29)17-5-3-6-18(13-17)30(33)34)24(32)16-37-23-9-8-21(27-38(35)36-2)25-20(23)7-4-11-26-25/h3-9,11,13,19,22,31H,10,12,14-16H2,1-2H3/q-1/t19-,22?/m0/s1. The first-order chi connectivity index (χ1) is 18.3. The number of aliphatic hydroxyl groups excluding tert-OH is 1. The van der Waals surface area contributed by atoms with Crippen molar-refractivity contribution >= 4 is 39.1 Å². The molecule has 3 aromatic rings. The smallest absolute Gasteiger partial charge is 0.269 e. The lowest BCUT2D eigenvalue weighted by atomic mass is 10.0. The molecule has 2 heterocycles. The first-order valence-corrected chi connectivity index (χ1v) is 12.9. The van der Waals surface area contributed by atoms with E-state index in [1.807, 2.05) is 4.90 Å². The van der Waals surface area contributed by atoms with E-state index in [4.69, 9.17) is 8.92 Å². The third kappa shape index (κ3) is 6.42. The lowest BCUT2D eigenvalue weighted by Gasteiger charge is -2.32. The normalized spacial score (nSPS) is 17.4. The van der Waals surface area contributed by atoms with Gasteiger partial charge in [0.25, 0.3) is 11.6 Å². The van der Waals surface area contributed by atoms with Gasteiger partial charge in [0.05, 0.1) is 28.3 Å². The minimum Gasteiger partial charge on any atom is -0.483 e. The maximum absolute atomic E-state index is 13.3. The van der Waals surface area contributed by atoms with Gasteiger partial charge in [0.15, 0.2) is 6.61 Å². The molecular weight excluding hydrogens is 514 g/mol. The van der Waals surface area contributed by atoms with Crippen molar-refractivity contribution in [2.24, 2.45) is 4.36 Å². The van der Waals surface area contributed by atoms with Gasteiger partial charge in [-0.15, -0.1) is 0 Å². The minimum absolute atomic E-state index is 0.0649. The van der Waals surface area contributed by atoms with Gasteiger partial charge in [-0.25, -0.2) is 0 Å². The Labute approximate surface area is 221 Å². The molecule has 0 radical (unpaired) electrons. The summed E-state index contributed by atoms with van der Waals surface area (Å²) in [5, 5.41) is 21.9. The molecule has 1 aliphatic heterocycles. The van der Waals surface area contributed by atoms with Gasteiger partial charge in [-0.3, -0.25) is 24.8 Å². The molecule has 38 heavy (non-hydrogen) atoms. The Hall–Kier alpha value is -3.65. The molecule has 1 saturated heterocycles. The second kappa shape index (κ2) is 12.3. The summed E-state index contributed by atoms with van der Waals surface area (Å²) in [4.78, 5) is 32.0. The zero-order valence-electron chi connectivity index (χ0n) is 20.9. The summed E-state index contributed by atoms with van der Waals surface area (Å²) in [6.45, 7) is 1.23. The lowest BCUT2D eigenvalue weighted by molar-refractivity contribution is -0.385. The van der Waals surface area contributed by atoms with Crippen LogP contribution in [-0.2, 0) is 24.1 Å². The summed E-state index contributed by atoms with van der Waals surface area (Å²) < 4.78 is 26.3. The molecular formula is C25H28N5O7S-. The van der Waals surface area contributed by atoms with Crippen molar-refractivity contribution in [1.82, 2.24) is 14.8 Å². The highest BCUT2D eigenvalue weighted by molar-refractivity contribution is 7.69. The number of nitrogens with zero attached hydrogens (tertiary/aromatic N) is 5. The van der Waals surface area contributed by atoms with Gasteiger partial charge in [-0.2, -0.15) is 0 Å². The Balaban J connectivity index is 1.56. The summed E-state index contributed by atoms with van der Waals surface area (Å²) in [5.41, 5.74) is 1.35. The van der Waals surface area contributed by atoms with E-state index in [0.717, 1.165) is 0 Å². The summed E-state index contributed by atoms with van der Waals surface area (Å²) in [5.74, 6) is 0.0547. The number of benzene rings is 2. The van der Waals surface area contributed by atoms with E-state index in [0.29, 0.717) is 54.0 Å². The van der Waals surface area contributed by atoms with Crippen LogP contribution in [0, 0.1) is 10.1 Å². The van der Waals surface area contributed by atoms with Crippen molar-refractivity contribution in [1.29, 1.82) is 0 Å². The number of ether oxygens (including phenoxy) is 1. The number of hydrogen-bond donors (Lipinski definition) is 1. The fourth-order valence-electron chi connectivity index (χ4n) is 4.38. The molecule has 2 aromatic carbocycles. The molecule has 1 aromatic heterocycles. The van der Waals surface area contributed by atoms with Crippen LogP contribution in [-0.4, -0.2) is 77.2 Å². The SMILES string of the molecule is CO[S-](=O)=Nc1ccc(OCC(=O)N(C)C(CN2CC[C@H](O)C2)c2cccc([N+](=O)[O-])c2)c2cccnc12.